The van der Waals surface area contributed by atoms with Gasteiger partial charge in [0.25, 0.3) is 0 Å². The third-order valence-corrected chi connectivity index (χ3v) is 10.3. The van der Waals surface area contributed by atoms with Gasteiger partial charge in [0.1, 0.15) is 0 Å². The Morgan fingerprint density at radius 3 is 1.67 bits per heavy atom. The first-order valence-corrected chi connectivity index (χ1v) is 8.94. The summed E-state index contributed by atoms with van der Waals surface area (Å²) in [5, 5.41) is 0. The molecule has 0 saturated heterocycles. The Labute approximate surface area is 78.5 Å². The zero-order valence-electron chi connectivity index (χ0n) is 7.61. The second-order valence-corrected chi connectivity index (χ2v) is 11.4. The maximum atomic E-state index is 5.38. The summed E-state index contributed by atoms with van der Waals surface area (Å²) in [6, 6.07) is 0. The van der Waals surface area contributed by atoms with Crippen LogP contribution >= 0.6 is 0 Å². The normalized spacial score (nSPS) is 17.6. The van der Waals surface area contributed by atoms with Crippen molar-refractivity contribution in [3.05, 3.63) is 24.3 Å². The van der Waals surface area contributed by atoms with Gasteiger partial charge in [-0.1, -0.05) is 0 Å². The molecule has 0 N–H and O–H groups in total. The van der Waals surface area contributed by atoms with Crippen molar-refractivity contribution in [3.63, 3.8) is 0 Å². The van der Waals surface area contributed by atoms with E-state index in [-0.39, 0.29) is 3.93 Å². The summed E-state index contributed by atoms with van der Waals surface area (Å²) in [6.45, 7) is 0. The Morgan fingerprint density at radius 2 is 1.33 bits per heavy atom. The summed E-state index contributed by atoms with van der Waals surface area (Å²) in [4.78, 5) is 0. The second-order valence-electron chi connectivity index (χ2n) is 2.51. The molecule has 0 fully saturated rings. The van der Waals surface area contributed by atoms with Gasteiger partial charge < -0.3 is 0 Å². The molecule has 1 aliphatic rings. The topological polar surface area (TPSA) is 27.7 Å². The van der Waals surface area contributed by atoms with Crippen LogP contribution in [0.5, 0.6) is 0 Å². The quantitative estimate of drug-likeness (QED) is 0.726. The van der Waals surface area contributed by atoms with Gasteiger partial charge in [0.05, 0.1) is 0 Å². The Hall–Kier alpha value is 0.159. The summed E-state index contributed by atoms with van der Waals surface area (Å²) < 4.78 is 16.4. The minimum atomic E-state index is -3.22. The SMILES string of the molecule is C[O][Sn]([O]C)([O]C)[CH]1C=CC=C1. The van der Waals surface area contributed by atoms with Gasteiger partial charge in [0.15, 0.2) is 0 Å². The molecule has 0 aromatic heterocycles. The van der Waals surface area contributed by atoms with Gasteiger partial charge in [0.2, 0.25) is 0 Å². The number of rotatable bonds is 4. The van der Waals surface area contributed by atoms with E-state index in [0.29, 0.717) is 0 Å². The average Bonchev–Trinajstić information content (AvgIpc) is 2.62. The van der Waals surface area contributed by atoms with E-state index in [1.807, 2.05) is 12.2 Å². The van der Waals surface area contributed by atoms with E-state index in [4.69, 9.17) is 9.22 Å². The third kappa shape index (κ3) is 1.74. The van der Waals surface area contributed by atoms with Crippen LogP contribution in [-0.2, 0) is 9.22 Å². The monoisotopic (exact) mass is 278 g/mol. The van der Waals surface area contributed by atoms with Crippen LogP contribution in [0.4, 0.5) is 0 Å². The van der Waals surface area contributed by atoms with Crippen LogP contribution in [0.3, 0.4) is 0 Å². The van der Waals surface area contributed by atoms with Crippen LogP contribution in [0.1, 0.15) is 0 Å². The minimum absolute atomic E-state index is 0.235. The fourth-order valence-electron chi connectivity index (χ4n) is 1.33. The first-order valence-electron chi connectivity index (χ1n) is 3.79. The van der Waals surface area contributed by atoms with Crippen LogP contribution in [-0.4, -0.2) is 40.9 Å². The predicted molar refractivity (Wildman–Crippen MR) is 48.8 cm³/mol. The Bertz CT molecular complexity index is 176. The van der Waals surface area contributed by atoms with Crippen molar-refractivity contribution in [1.82, 2.24) is 0 Å². The van der Waals surface area contributed by atoms with Crippen molar-refractivity contribution in [2.75, 3.05) is 21.3 Å². The van der Waals surface area contributed by atoms with E-state index in [0.717, 1.165) is 0 Å². The van der Waals surface area contributed by atoms with Crippen molar-refractivity contribution < 1.29 is 9.22 Å². The van der Waals surface area contributed by atoms with Gasteiger partial charge in [-0.2, -0.15) is 0 Å². The molecule has 12 heavy (non-hydrogen) atoms. The van der Waals surface area contributed by atoms with Crippen LogP contribution in [0, 0.1) is 0 Å². The third-order valence-electron chi connectivity index (χ3n) is 2.01. The van der Waals surface area contributed by atoms with Crippen LogP contribution < -0.4 is 0 Å². The molecule has 0 unspecified atom stereocenters. The fourth-order valence-corrected chi connectivity index (χ4v) is 7.06. The Morgan fingerprint density at radius 1 is 0.917 bits per heavy atom. The molecule has 0 aromatic carbocycles. The molecule has 0 aromatic rings. The molecule has 0 saturated carbocycles. The number of hydrogen-bond donors (Lipinski definition) is 0. The molecule has 4 heteroatoms. The summed E-state index contributed by atoms with van der Waals surface area (Å²) in [5.41, 5.74) is 0. The van der Waals surface area contributed by atoms with Crippen LogP contribution in [0.25, 0.3) is 0 Å². The molecule has 3 nitrogen and oxygen atoms in total. The molecular weight excluding hydrogens is 263 g/mol. The van der Waals surface area contributed by atoms with E-state index < -0.39 is 19.6 Å². The first kappa shape index (κ1) is 10.2. The molecule has 68 valence electrons. The fraction of sp³-hybridized carbons (Fsp3) is 0.500. The van der Waals surface area contributed by atoms with E-state index in [9.17, 15) is 0 Å². The van der Waals surface area contributed by atoms with Crippen molar-refractivity contribution >= 4 is 19.6 Å². The zero-order valence-corrected chi connectivity index (χ0v) is 10.5. The molecule has 0 atom stereocenters. The molecule has 0 spiro atoms. The molecule has 0 bridgehead atoms. The van der Waals surface area contributed by atoms with Gasteiger partial charge in [-0.15, -0.1) is 0 Å². The van der Waals surface area contributed by atoms with Gasteiger partial charge in [-0.25, -0.2) is 0 Å². The van der Waals surface area contributed by atoms with Crippen molar-refractivity contribution in [2.45, 2.75) is 3.93 Å². The predicted octanol–water partition coefficient (Wildman–Crippen LogP) is 1.36. The molecule has 0 amide bonds. The molecule has 1 aliphatic carbocycles. The summed E-state index contributed by atoms with van der Waals surface area (Å²) in [7, 11) is 4.97. The molecule has 0 heterocycles. The first-order chi connectivity index (χ1) is 5.79. The molecule has 0 radical (unpaired) electrons. The van der Waals surface area contributed by atoms with Gasteiger partial charge in [0, 0.05) is 0 Å². The standard InChI is InChI=1S/C5H5.3CH3O.Sn/c1-2-4-5-3-1;3*1-2;/h1-5H;3*1H3;/q;3*-1;+3. The maximum absolute atomic E-state index is 5.38. The van der Waals surface area contributed by atoms with Gasteiger partial charge >= 0.3 is 78.4 Å². The number of hydrogen-bond acceptors (Lipinski definition) is 3. The van der Waals surface area contributed by atoms with Crippen molar-refractivity contribution in [2.24, 2.45) is 0 Å². The van der Waals surface area contributed by atoms with Crippen LogP contribution in [0.15, 0.2) is 24.3 Å². The molecular formula is C8H14O3Sn. The molecule has 1 rings (SSSR count). The molecule has 0 aliphatic heterocycles. The van der Waals surface area contributed by atoms with Crippen molar-refractivity contribution in [3.8, 4) is 0 Å². The van der Waals surface area contributed by atoms with Crippen molar-refractivity contribution in [1.29, 1.82) is 0 Å². The Balaban J connectivity index is 2.76. The summed E-state index contributed by atoms with van der Waals surface area (Å²) in [6.07, 6.45) is 8.11. The Kier molecular flexibility index (Phi) is 3.76. The number of allylic oxidation sites excluding steroid dienone is 4. The summed E-state index contributed by atoms with van der Waals surface area (Å²) in [5.74, 6) is 0. The van der Waals surface area contributed by atoms with E-state index in [2.05, 4.69) is 12.2 Å². The zero-order chi connectivity index (χ0) is 9.03. The van der Waals surface area contributed by atoms with Crippen LogP contribution in [0.2, 0.25) is 3.93 Å². The van der Waals surface area contributed by atoms with Gasteiger partial charge in [-0.3, -0.25) is 0 Å². The summed E-state index contributed by atoms with van der Waals surface area (Å²) >= 11 is -3.22. The van der Waals surface area contributed by atoms with Gasteiger partial charge in [-0.05, 0) is 0 Å². The average molecular weight is 277 g/mol. The van der Waals surface area contributed by atoms with E-state index in [1.165, 1.54) is 0 Å². The van der Waals surface area contributed by atoms with E-state index >= 15 is 0 Å². The second kappa shape index (κ2) is 4.41. The van der Waals surface area contributed by atoms with E-state index in [1.54, 1.807) is 21.3 Å².